The molecular formula is C13H17NO5. The highest BCUT2D eigenvalue weighted by atomic mass is 16.5. The molecule has 6 nitrogen and oxygen atoms in total. The van der Waals surface area contributed by atoms with Gasteiger partial charge in [-0.05, 0) is 19.1 Å². The minimum atomic E-state index is -1.12. The van der Waals surface area contributed by atoms with Gasteiger partial charge in [-0.1, -0.05) is 12.1 Å². The zero-order valence-corrected chi connectivity index (χ0v) is 10.9. The zero-order valence-electron chi connectivity index (χ0n) is 10.9. The van der Waals surface area contributed by atoms with Crippen LogP contribution in [-0.2, 0) is 9.53 Å². The predicted molar refractivity (Wildman–Crippen MR) is 68.4 cm³/mol. The maximum atomic E-state index is 11.9. The first-order valence-electron chi connectivity index (χ1n) is 5.85. The summed E-state index contributed by atoms with van der Waals surface area (Å²) in [5.41, 5.74) is 0.365. The molecule has 2 N–H and O–H groups in total. The van der Waals surface area contributed by atoms with Gasteiger partial charge in [0.15, 0.2) is 6.10 Å². The van der Waals surface area contributed by atoms with Crippen molar-refractivity contribution in [2.75, 3.05) is 20.3 Å². The van der Waals surface area contributed by atoms with Crippen LogP contribution in [0.4, 0.5) is 0 Å². The molecule has 0 saturated heterocycles. The van der Waals surface area contributed by atoms with E-state index in [2.05, 4.69) is 5.32 Å². The maximum absolute atomic E-state index is 11.9. The van der Waals surface area contributed by atoms with Crippen molar-refractivity contribution in [3.8, 4) is 5.75 Å². The maximum Gasteiger partial charge on any atom is 0.334 e. The number of ether oxygens (including phenoxy) is 2. The summed E-state index contributed by atoms with van der Waals surface area (Å²) in [6.07, 6.45) is -1.07. The number of hydrogen-bond acceptors (Lipinski definition) is 4. The monoisotopic (exact) mass is 267 g/mol. The van der Waals surface area contributed by atoms with Crippen LogP contribution in [-0.4, -0.2) is 43.3 Å². The lowest BCUT2D eigenvalue weighted by Gasteiger charge is -2.13. The smallest absolute Gasteiger partial charge is 0.334 e. The van der Waals surface area contributed by atoms with Crippen LogP contribution in [0, 0.1) is 0 Å². The van der Waals surface area contributed by atoms with E-state index in [1.807, 2.05) is 6.92 Å². The minimum Gasteiger partial charge on any atom is -0.493 e. The predicted octanol–water partition coefficient (Wildman–Crippen LogP) is 0.915. The van der Waals surface area contributed by atoms with Crippen molar-refractivity contribution in [2.24, 2.45) is 0 Å². The van der Waals surface area contributed by atoms with E-state index in [0.29, 0.717) is 17.9 Å². The number of nitrogens with one attached hydrogen (secondary N) is 1. The lowest BCUT2D eigenvalue weighted by Crippen LogP contribution is -2.37. The molecule has 19 heavy (non-hydrogen) atoms. The van der Waals surface area contributed by atoms with Crippen LogP contribution in [0.25, 0.3) is 0 Å². The number of carboxylic acid groups (broad SMARTS) is 1. The fraction of sp³-hybridized carbons (Fsp3) is 0.385. The molecule has 1 atom stereocenters. The van der Waals surface area contributed by atoms with Gasteiger partial charge in [0.1, 0.15) is 5.75 Å². The van der Waals surface area contributed by atoms with Crippen molar-refractivity contribution in [3.05, 3.63) is 29.8 Å². The van der Waals surface area contributed by atoms with E-state index in [4.69, 9.17) is 14.6 Å². The van der Waals surface area contributed by atoms with Crippen LogP contribution in [0.3, 0.4) is 0 Å². The van der Waals surface area contributed by atoms with Gasteiger partial charge in [0, 0.05) is 7.11 Å². The number of amides is 1. The summed E-state index contributed by atoms with van der Waals surface area (Å²) in [6, 6.07) is 6.77. The SMILES string of the molecule is CCOc1ccccc1C(=O)NCC(OC)C(=O)O. The van der Waals surface area contributed by atoms with Crippen molar-refractivity contribution < 1.29 is 24.2 Å². The first-order chi connectivity index (χ1) is 9.10. The highest BCUT2D eigenvalue weighted by molar-refractivity contribution is 5.97. The number of benzene rings is 1. The number of methoxy groups -OCH3 is 1. The molecule has 1 aromatic carbocycles. The third kappa shape index (κ3) is 4.26. The van der Waals surface area contributed by atoms with E-state index in [1.165, 1.54) is 7.11 Å². The Morgan fingerprint density at radius 3 is 2.63 bits per heavy atom. The average Bonchev–Trinajstić information content (AvgIpc) is 2.40. The Balaban J connectivity index is 2.70. The van der Waals surface area contributed by atoms with Crippen molar-refractivity contribution >= 4 is 11.9 Å². The number of rotatable bonds is 7. The van der Waals surface area contributed by atoms with Crippen LogP contribution in [0.5, 0.6) is 5.75 Å². The van der Waals surface area contributed by atoms with Crippen molar-refractivity contribution in [1.82, 2.24) is 5.32 Å². The third-order valence-corrected chi connectivity index (χ3v) is 2.44. The highest BCUT2D eigenvalue weighted by Gasteiger charge is 2.19. The van der Waals surface area contributed by atoms with E-state index in [-0.39, 0.29) is 6.54 Å². The fourth-order valence-corrected chi connectivity index (χ4v) is 1.49. The van der Waals surface area contributed by atoms with Gasteiger partial charge in [-0.3, -0.25) is 4.79 Å². The molecule has 0 spiro atoms. The van der Waals surface area contributed by atoms with Gasteiger partial charge in [0.05, 0.1) is 18.7 Å². The Morgan fingerprint density at radius 1 is 1.37 bits per heavy atom. The van der Waals surface area contributed by atoms with E-state index < -0.39 is 18.0 Å². The van der Waals surface area contributed by atoms with Crippen LogP contribution < -0.4 is 10.1 Å². The molecule has 1 rings (SSSR count). The number of para-hydroxylation sites is 1. The molecule has 0 aliphatic rings. The lowest BCUT2D eigenvalue weighted by atomic mass is 10.2. The van der Waals surface area contributed by atoms with Gasteiger partial charge < -0.3 is 19.9 Å². The van der Waals surface area contributed by atoms with E-state index in [0.717, 1.165) is 0 Å². The number of carbonyl (C=O) groups excluding carboxylic acids is 1. The molecule has 0 aliphatic carbocycles. The molecule has 1 amide bonds. The zero-order chi connectivity index (χ0) is 14.3. The van der Waals surface area contributed by atoms with E-state index in [9.17, 15) is 9.59 Å². The van der Waals surface area contributed by atoms with E-state index >= 15 is 0 Å². The third-order valence-electron chi connectivity index (χ3n) is 2.44. The minimum absolute atomic E-state index is 0.106. The first-order valence-corrected chi connectivity index (χ1v) is 5.85. The van der Waals surface area contributed by atoms with Gasteiger partial charge in [-0.25, -0.2) is 4.79 Å². The number of carbonyl (C=O) groups is 2. The number of aliphatic carboxylic acids is 1. The summed E-state index contributed by atoms with van der Waals surface area (Å²) in [4.78, 5) is 22.7. The molecule has 6 heteroatoms. The largest absolute Gasteiger partial charge is 0.493 e. The quantitative estimate of drug-likeness (QED) is 0.767. The van der Waals surface area contributed by atoms with Crippen LogP contribution in [0.15, 0.2) is 24.3 Å². The van der Waals surface area contributed by atoms with Gasteiger partial charge in [0.25, 0.3) is 5.91 Å². The second-order valence-corrected chi connectivity index (χ2v) is 3.70. The Bertz CT molecular complexity index is 446. The summed E-state index contributed by atoms with van der Waals surface area (Å²) in [6.45, 7) is 2.16. The normalized spacial score (nSPS) is 11.7. The second kappa shape index (κ2) is 7.38. The molecule has 0 aliphatic heterocycles. The molecule has 0 saturated carbocycles. The molecule has 104 valence electrons. The number of hydrogen-bond donors (Lipinski definition) is 2. The van der Waals surface area contributed by atoms with Gasteiger partial charge in [0.2, 0.25) is 0 Å². The molecule has 0 heterocycles. The summed E-state index contributed by atoms with van der Waals surface area (Å²) < 4.78 is 10.1. The topological polar surface area (TPSA) is 84.9 Å². The molecule has 0 bridgehead atoms. The summed E-state index contributed by atoms with van der Waals surface area (Å²) >= 11 is 0. The van der Waals surface area contributed by atoms with Gasteiger partial charge in [-0.2, -0.15) is 0 Å². The van der Waals surface area contributed by atoms with Gasteiger partial charge >= 0.3 is 5.97 Å². The fourth-order valence-electron chi connectivity index (χ4n) is 1.49. The molecule has 0 aromatic heterocycles. The second-order valence-electron chi connectivity index (χ2n) is 3.70. The van der Waals surface area contributed by atoms with Crippen LogP contribution in [0.2, 0.25) is 0 Å². The van der Waals surface area contributed by atoms with E-state index in [1.54, 1.807) is 24.3 Å². The summed E-state index contributed by atoms with van der Waals surface area (Å²) in [7, 11) is 1.28. The molecule has 1 aromatic rings. The molecular weight excluding hydrogens is 250 g/mol. The summed E-state index contributed by atoms with van der Waals surface area (Å²) in [5.74, 6) is -1.06. The first kappa shape index (κ1) is 15.0. The van der Waals surface area contributed by atoms with Crippen molar-refractivity contribution in [3.63, 3.8) is 0 Å². The highest BCUT2D eigenvalue weighted by Crippen LogP contribution is 2.17. The molecule has 1 unspecified atom stereocenters. The van der Waals surface area contributed by atoms with Gasteiger partial charge in [-0.15, -0.1) is 0 Å². The van der Waals surface area contributed by atoms with Crippen LogP contribution in [0.1, 0.15) is 17.3 Å². The van der Waals surface area contributed by atoms with Crippen molar-refractivity contribution in [1.29, 1.82) is 0 Å². The Labute approximate surface area is 111 Å². The summed E-state index contributed by atoms with van der Waals surface area (Å²) in [5, 5.41) is 11.3. The Kier molecular flexibility index (Phi) is 5.81. The average molecular weight is 267 g/mol. The standard InChI is InChI=1S/C13H17NO5/c1-3-19-10-7-5-4-6-9(10)12(15)14-8-11(18-2)13(16)17/h4-7,11H,3,8H2,1-2H3,(H,14,15)(H,16,17). The van der Waals surface area contributed by atoms with Crippen LogP contribution >= 0.6 is 0 Å². The number of carboxylic acids is 1. The Morgan fingerprint density at radius 2 is 2.05 bits per heavy atom. The lowest BCUT2D eigenvalue weighted by molar-refractivity contribution is -0.148. The van der Waals surface area contributed by atoms with Crippen molar-refractivity contribution in [2.45, 2.75) is 13.0 Å². The molecule has 0 radical (unpaired) electrons. The Hall–Kier alpha value is -2.08. The molecule has 0 fully saturated rings.